The monoisotopic (exact) mass is 220 g/mol. The molecule has 0 unspecified atom stereocenters. The summed E-state index contributed by atoms with van der Waals surface area (Å²) in [7, 11) is 0. The number of benzene rings is 1. The minimum atomic E-state index is 0.334. The number of Topliss-reactive ketones (excluding diaryl/α,β-unsaturated/α-hetero) is 1. The Labute approximate surface area is 95.3 Å². The van der Waals surface area contributed by atoms with Crippen LogP contribution in [-0.4, -0.2) is 17.8 Å². The topological polar surface area (TPSA) is 17.1 Å². The third-order valence-corrected chi connectivity index (χ3v) is 3.48. The predicted octanol–water partition coefficient (Wildman–Crippen LogP) is 2.65. The number of hydrogen-bond acceptors (Lipinski definition) is 2. The molecular formula is C13H16OS. The molecule has 80 valence electrons. The van der Waals surface area contributed by atoms with Gasteiger partial charge in [-0.3, -0.25) is 4.79 Å². The van der Waals surface area contributed by atoms with Crippen molar-refractivity contribution in [2.75, 3.05) is 12.0 Å². The summed E-state index contributed by atoms with van der Waals surface area (Å²) < 4.78 is 0. The Morgan fingerprint density at radius 2 is 2.13 bits per heavy atom. The van der Waals surface area contributed by atoms with Crippen molar-refractivity contribution in [1.29, 1.82) is 0 Å². The summed E-state index contributed by atoms with van der Waals surface area (Å²) in [5, 5.41) is 0. The quantitative estimate of drug-likeness (QED) is 0.776. The standard InChI is InChI=1S/C13H16OS/c1-15-9-13(14)8-10-5-6-11-3-2-4-12(11)7-10/h5-7H,2-4,8-9H2,1H3. The van der Waals surface area contributed by atoms with Gasteiger partial charge in [-0.05, 0) is 42.2 Å². The SMILES string of the molecule is CSCC(=O)Cc1ccc2c(c1)CCC2. The molecule has 0 N–H and O–H groups in total. The number of ketones is 1. The Morgan fingerprint density at radius 3 is 2.93 bits per heavy atom. The minimum Gasteiger partial charge on any atom is -0.298 e. The van der Waals surface area contributed by atoms with Crippen LogP contribution >= 0.6 is 11.8 Å². The maximum Gasteiger partial charge on any atom is 0.147 e. The number of aryl methyl sites for hydroxylation is 2. The van der Waals surface area contributed by atoms with Crippen LogP contribution in [0.1, 0.15) is 23.1 Å². The summed E-state index contributed by atoms with van der Waals surface area (Å²) in [5.74, 6) is 0.970. The van der Waals surface area contributed by atoms with Crippen molar-refractivity contribution < 1.29 is 4.79 Å². The molecule has 0 bridgehead atoms. The molecule has 0 aliphatic heterocycles. The lowest BCUT2D eigenvalue weighted by atomic mass is 10.0. The fourth-order valence-corrected chi connectivity index (χ4v) is 2.60. The van der Waals surface area contributed by atoms with Crippen LogP contribution in [-0.2, 0) is 24.1 Å². The molecule has 1 aromatic carbocycles. The molecule has 0 saturated heterocycles. The molecule has 2 rings (SSSR count). The second-order valence-electron chi connectivity index (χ2n) is 4.11. The van der Waals surface area contributed by atoms with Crippen molar-refractivity contribution in [2.45, 2.75) is 25.7 Å². The largest absolute Gasteiger partial charge is 0.298 e. The third kappa shape index (κ3) is 2.63. The number of hydrogen-bond donors (Lipinski definition) is 0. The van der Waals surface area contributed by atoms with E-state index in [1.165, 1.54) is 36.0 Å². The van der Waals surface area contributed by atoms with Crippen LogP contribution in [0, 0.1) is 0 Å². The fraction of sp³-hybridized carbons (Fsp3) is 0.462. The van der Waals surface area contributed by atoms with Gasteiger partial charge in [0.05, 0.1) is 5.75 Å². The van der Waals surface area contributed by atoms with Gasteiger partial charge >= 0.3 is 0 Å². The van der Waals surface area contributed by atoms with Gasteiger partial charge < -0.3 is 0 Å². The van der Waals surface area contributed by atoms with Crippen molar-refractivity contribution in [3.05, 3.63) is 34.9 Å². The first-order valence-corrected chi connectivity index (χ1v) is 6.80. The van der Waals surface area contributed by atoms with Crippen LogP contribution in [0.5, 0.6) is 0 Å². The molecule has 2 heteroatoms. The molecule has 0 radical (unpaired) electrons. The number of rotatable bonds is 4. The first kappa shape index (κ1) is 10.7. The van der Waals surface area contributed by atoms with E-state index in [9.17, 15) is 4.79 Å². The molecule has 0 atom stereocenters. The maximum absolute atomic E-state index is 11.5. The maximum atomic E-state index is 11.5. The third-order valence-electron chi connectivity index (χ3n) is 2.87. The second-order valence-corrected chi connectivity index (χ2v) is 4.97. The van der Waals surface area contributed by atoms with Crippen LogP contribution in [0.15, 0.2) is 18.2 Å². The van der Waals surface area contributed by atoms with E-state index in [0.717, 1.165) is 0 Å². The lowest BCUT2D eigenvalue weighted by Gasteiger charge is -2.03. The highest BCUT2D eigenvalue weighted by molar-refractivity contribution is 7.99. The minimum absolute atomic E-state index is 0.334. The molecule has 0 aromatic heterocycles. The Hall–Kier alpha value is -0.760. The first-order chi connectivity index (χ1) is 7.29. The molecule has 0 heterocycles. The van der Waals surface area contributed by atoms with Crippen molar-refractivity contribution >= 4 is 17.5 Å². The molecule has 0 saturated carbocycles. The molecule has 15 heavy (non-hydrogen) atoms. The lowest BCUT2D eigenvalue weighted by molar-refractivity contribution is -0.115. The van der Waals surface area contributed by atoms with Crippen LogP contribution in [0.4, 0.5) is 0 Å². The highest BCUT2D eigenvalue weighted by atomic mass is 32.2. The molecule has 0 amide bonds. The zero-order valence-electron chi connectivity index (χ0n) is 9.08. The Balaban J connectivity index is 2.06. The van der Waals surface area contributed by atoms with Crippen molar-refractivity contribution in [3.8, 4) is 0 Å². The molecule has 0 fully saturated rings. The van der Waals surface area contributed by atoms with E-state index < -0.39 is 0 Å². The van der Waals surface area contributed by atoms with Crippen molar-refractivity contribution in [1.82, 2.24) is 0 Å². The molecule has 0 spiro atoms. The summed E-state index contributed by atoms with van der Waals surface area (Å²) >= 11 is 1.60. The Kier molecular flexibility index (Phi) is 3.47. The van der Waals surface area contributed by atoms with Crippen LogP contribution in [0.3, 0.4) is 0 Å². The van der Waals surface area contributed by atoms with Gasteiger partial charge in [-0.25, -0.2) is 0 Å². The summed E-state index contributed by atoms with van der Waals surface area (Å²) in [5.41, 5.74) is 4.13. The molecule has 1 aliphatic carbocycles. The fourth-order valence-electron chi connectivity index (χ4n) is 2.17. The lowest BCUT2D eigenvalue weighted by Crippen LogP contribution is -2.05. The Bertz CT molecular complexity index is 371. The number of carbonyl (C=O) groups is 1. The summed E-state index contributed by atoms with van der Waals surface area (Å²) in [6, 6.07) is 6.53. The normalized spacial score (nSPS) is 13.9. The zero-order valence-corrected chi connectivity index (χ0v) is 9.90. The van der Waals surface area contributed by atoms with Gasteiger partial charge in [-0.1, -0.05) is 18.2 Å². The second kappa shape index (κ2) is 4.84. The summed E-state index contributed by atoms with van der Waals surface area (Å²) in [6.07, 6.45) is 6.26. The number of carbonyl (C=O) groups excluding carboxylic acids is 1. The average molecular weight is 220 g/mol. The molecule has 1 aromatic rings. The van der Waals surface area contributed by atoms with Gasteiger partial charge in [0.15, 0.2) is 0 Å². The number of fused-ring (bicyclic) bond motifs is 1. The van der Waals surface area contributed by atoms with Crippen molar-refractivity contribution in [2.24, 2.45) is 0 Å². The number of thioether (sulfide) groups is 1. The van der Waals surface area contributed by atoms with Crippen LogP contribution < -0.4 is 0 Å². The first-order valence-electron chi connectivity index (χ1n) is 5.41. The van der Waals surface area contributed by atoms with E-state index in [-0.39, 0.29) is 0 Å². The summed E-state index contributed by atoms with van der Waals surface area (Å²) in [6.45, 7) is 0. The van der Waals surface area contributed by atoms with Crippen LogP contribution in [0.25, 0.3) is 0 Å². The zero-order chi connectivity index (χ0) is 10.7. The van der Waals surface area contributed by atoms with E-state index in [1.807, 2.05) is 6.26 Å². The van der Waals surface area contributed by atoms with Gasteiger partial charge in [0.1, 0.15) is 5.78 Å². The molecule has 1 aliphatic rings. The molecular weight excluding hydrogens is 204 g/mol. The van der Waals surface area contributed by atoms with E-state index in [0.29, 0.717) is 18.0 Å². The van der Waals surface area contributed by atoms with Gasteiger partial charge in [-0.15, -0.1) is 0 Å². The van der Waals surface area contributed by atoms with E-state index in [1.54, 1.807) is 11.8 Å². The van der Waals surface area contributed by atoms with E-state index >= 15 is 0 Å². The van der Waals surface area contributed by atoms with Gasteiger partial charge in [0, 0.05) is 6.42 Å². The smallest absolute Gasteiger partial charge is 0.147 e. The van der Waals surface area contributed by atoms with E-state index in [4.69, 9.17) is 0 Å². The van der Waals surface area contributed by atoms with Crippen molar-refractivity contribution in [3.63, 3.8) is 0 Å². The highest BCUT2D eigenvalue weighted by Gasteiger charge is 2.11. The molecule has 1 nitrogen and oxygen atoms in total. The van der Waals surface area contributed by atoms with Crippen LogP contribution in [0.2, 0.25) is 0 Å². The predicted molar refractivity (Wildman–Crippen MR) is 65.6 cm³/mol. The van der Waals surface area contributed by atoms with Gasteiger partial charge in [-0.2, -0.15) is 11.8 Å². The Morgan fingerprint density at radius 1 is 1.33 bits per heavy atom. The van der Waals surface area contributed by atoms with Gasteiger partial charge in [0.25, 0.3) is 0 Å². The van der Waals surface area contributed by atoms with E-state index in [2.05, 4.69) is 18.2 Å². The highest BCUT2D eigenvalue weighted by Crippen LogP contribution is 2.23. The summed E-state index contributed by atoms with van der Waals surface area (Å²) in [4.78, 5) is 11.5. The average Bonchev–Trinajstić information content (AvgIpc) is 2.65. The van der Waals surface area contributed by atoms with Gasteiger partial charge in [0.2, 0.25) is 0 Å².